The van der Waals surface area contributed by atoms with Gasteiger partial charge in [-0.2, -0.15) is 0 Å². The molecule has 5 rings (SSSR count). The first-order valence-corrected chi connectivity index (χ1v) is 14.2. The molecule has 1 N–H and O–H groups in total. The number of hydrogen-bond donors (Lipinski definition) is 1. The number of nitrogens with zero attached hydrogens (tertiary/aromatic N) is 3. The molecule has 0 fully saturated rings. The van der Waals surface area contributed by atoms with E-state index in [4.69, 9.17) is 4.74 Å². The summed E-state index contributed by atoms with van der Waals surface area (Å²) in [5.74, 6) is 0.0413. The Hall–Kier alpha value is -4.54. The number of amides is 1. The zero-order valence-electron chi connectivity index (χ0n) is 20.9. The van der Waals surface area contributed by atoms with Gasteiger partial charge in [0, 0.05) is 5.56 Å². The topological polar surface area (TPSA) is 101 Å². The van der Waals surface area contributed by atoms with Crippen LogP contribution in [-0.4, -0.2) is 31.6 Å². The summed E-state index contributed by atoms with van der Waals surface area (Å²) in [6.07, 6.45) is 0. The van der Waals surface area contributed by atoms with Gasteiger partial charge >= 0.3 is 0 Å². The lowest BCUT2D eigenvalue weighted by Crippen LogP contribution is -2.32. The number of rotatable bonds is 9. The van der Waals surface area contributed by atoms with Crippen LogP contribution in [0.4, 0.5) is 10.8 Å². The highest BCUT2D eigenvalue weighted by Gasteiger charge is 2.29. The Morgan fingerprint density at radius 3 is 2.18 bits per heavy atom. The largest absolute Gasteiger partial charge is 0.497 e. The van der Waals surface area contributed by atoms with Gasteiger partial charge in [0.15, 0.2) is 0 Å². The zero-order valence-corrected chi connectivity index (χ0v) is 22.5. The third kappa shape index (κ3) is 5.82. The van der Waals surface area contributed by atoms with E-state index in [1.54, 1.807) is 36.4 Å². The summed E-state index contributed by atoms with van der Waals surface area (Å²) < 4.78 is 34.4. The van der Waals surface area contributed by atoms with Crippen LogP contribution in [0.5, 0.6) is 5.75 Å². The standard InChI is InChI=1S/C29H24N4O4S2/c1-37-23-16-18-24(19-17-23)39(35,36)33(20-21-10-4-2-5-11-21)26-15-9-8-14-25(26)27(34)30-29-32-31-28(38-29)22-12-6-3-7-13-22/h2-19H,20H2,1H3,(H,30,32,34). The molecule has 0 saturated carbocycles. The molecule has 8 nitrogen and oxygen atoms in total. The van der Waals surface area contributed by atoms with E-state index < -0.39 is 15.9 Å². The molecule has 1 amide bonds. The van der Waals surface area contributed by atoms with E-state index in [0.717, 1.165) is 11.1 Å². The van der Waals surface area contributed by atoms with Gasteiger partial charge in [0.25, 0.3) is 15.9 Å². The van der Waals surface area contributed by atoms with E-state index in [1.807, 2.05) is 60.7 Å². The van der Waals surface area contributed by atoms with Gasteiger partial charge in [0.2, 0.25) is 5.13 Å². The van der Waals surface area contributed by atoms with Crippen LogP contribution in [0.25, 0.3) is 10.6 Å². The number of nitrogens with one attached hydrogen (secondary N) is 1. The maximum atomic E-state index is 14.0. The van der Waals surface area contributed by atoms with Crippen molar-refractivity contribution in [1.82, 2.24) is 10.2 Å². The minimum atomic E-state index is -4.07. The Morgan fingerprint density at radius 2 is 1.49 bits per heavy atom. The third-order valence-electron chi connectivity index (χ3n) is 5.90. The van der Waals surface area contributed by atoms with E-state index in [-0.39, 0.29) is 22.7 Å². The highest BCUT2D eigenvalue weighted by atomic mass is 32.2. The van der Waals surface area contributed by atoms with Crippen molar-refractivity contribution >= 4 is 38.1 Å². The average Bonchev–Trinajstić information content (AvgIpc) is 3.45. The van der Waals surface area contributed by atoms with Crippen LogP contribution in [-0.2, 0) is 16.6 Å². The van der Waals surface area contributed by atoms with E-state index in [0.29, 0.717) is 15.9 Å². The first-order valence-electron chi connectivity index (χ1n) is 12.0. The van der Waals surface area contributed by atoms with Crippen molar-refractivity contribution in [1.29, 1.82) is 0 Å². The van der Waals surface area contributed by atoms with Crippen molar-refractivity contribution in [3.63, 3.8) is 0 Å². The number of ether oxygens (including phenoxy) is 1. The highest BCUT2D eigenvalue weighted by molar-refractivity contribution is 7.92. The van der Waals surface area contributed by atoms with Crippen LogP contribution in [0.15, 0.2) is 114 Å². The fraction of sp³-hybridized carbons (Fsp3) is 0.0690. The zero-order chi connectivity index (χ0) is 27.2. The van der Waals surface area contributed by atoms with Crippen molar-refractivity contribution in [2.24, 2.45) is 0 Å². The summed E-state index contributed by atoms with van der Waals surface area (Å²) in [5.41, 5.74) is 2.07. The summed E-state index contributed by atoms with van der Waals surface area (Å²) >= 11 is 1.23. The third-order valence-corrected chi connectivity index (χ3v) is 8.56. The number of benzene rings is 4. The van der Waals surface area contributed by atoms with Crippen molar-refractivity contribution < 1.29 is 17.9 Å². The molecule has 5 aromatic rings. The van der Waals surface area contributed by atoms with Gasteiger partial charge in [-0.25, -0.2) is 8.42 Å². The van der Waals surface area contributed by atoms with Crippen molar-refractivity contribution in [3.05, 3.63) is 120 Å². The second kappa shape index (κ2) is 11.5. The Balaban J connectivity index is 1.51. The summed E-state index contributed by atoms with van der Waals surface area (Å²) in [6, 6.07) is 31.5. The average molecular weight is 557 g/mol. The van der Waals surface area contributed by atoms with Gasteiger partial charge in [0.05, 0.1) is 29.8 Å². The summed E-state index contributed by atoms with van der Waals surface area (Å²) in [4.78, 5) is 13.5. The molecule has 39 heavy (non-hydrogen) atoms. The molecule has 1 heterocycles. The molecule has 0 unspecified atom stereocenters. The second-order valence-electron chi connectivity index (χ2n) is 8.42. The van der Waals surface area contributed by atoms with Gasteiger partial charge in [-0.15, -0.1) is 10.2 Å². The fourth-order valence-corrected chi connectivity index (χ4v) is 6.16. The summed E-state index contributed by atoms with van der Waals surface area (Å²) in [6.45, 7) is 0.0243. The molecule has 1 aromatic heterocycles. The number of hydrogen-bond acceptors (Lipinski definition) is 7. The first-order chi connectivity index (χ1) is 19.0. The molecule has 0 bridgehead atoms. The lowest BCUT2D eigenvalue weighted by molar-refractivity contribution is 0.102. The van der Waals surface area contributed by atoms with Crippen LogP contribution in [0.3, 0.4) is 0 Å². The van der Waals surface area contributed by atoms with E-state index in [1.165, 1.54) is 34.9 Å². The number of para-hydroxylation sites is 1. The molecule has 0 aliphatic heterocycles. The molecule has 0 radical (unpaired) electrons. The molecular formula is C29H24N4O4S2. The van der Waals surface area contributed by atoms with Gasteiger partial charge in [-0.05, 0) is 42.0 Å². The number of anilines is 2. The molecular weight excluding hydrogens is 532 g/mol. The van der Waals surface area contributed by atoms with Gasteiger partial charge in [-0.1, -0.05) is 84.1 Å². The minimum absolute atomic E-state index is 0.0243. The Morgan fingerprint density at radius 1 is 0.846 bits per heavy atom. The molecule has 10 heteroatoms. The van der Waals surface area contributed by atoms with Crippen LogP contribution < -0.4 is 14.4 Å². The quantitative estimate of drug-likeness (QED) is 0.244. The molecule has 4 aromatic carbocycles. The predicted molar refractivity (Wildman–Crippen MR) is 153 cm³/mol. The molecule has 196 valence electrons. The van der Waals surface area contributed by atoms with Crippen LogP contribution in [0, 0.1) is 0 Å². The maximum absolute atomic E-state index is 14.0. The van der Waals surface area contributed by atoms with Crippen molar-refractivity contribution in [2.45, 2.75) is 11.4 Å². The maximum Gasteiger partial charge on any atom is 0.264 e. The second-order valence-corrected chi connectivity index (χ2v) is 11.3. The number of carbonyl (C=O) groups excluding carboxylic acids is 1. The summed E-state index contributed by atoms with van der Waals surface area (Å²) in [7, 11) is -2.55. The van der Waals surface area contributed by atoms with Crippen molar-refractivity contribution in [2.75, 3.05) is 16.7 Å². The first kappa shape index (κ1) is 26.1. The molecule has 0 saturated heterocycles. The normalized spacial score (nSPS) is 11.1. The predicted octanol–water partition coefficient (Wildman–Crippen LogP) is 5.86. The smallest absolute Gasteiger partial charge is 0.264 e. The van der Waals surface area contributed by atoms with Gasteiger partial charge in [0.1, 0.15) is 10.8 Å². The van der Waals surface area contributed by atoms with Crippen LogP contribution in [0.1, 0.15) is 15.9 Å². The van der Waals surface area contributed by atoms with Crippen LogP contribution >= 0.6 is 11.3 Å². The number of aromatic nitrogens is 2. The summed E-state index contributed by atoms with van der Waals surface area (Å²) in [5, 5.41) is 12.0. The Bertz CT molecular complexity index is 1670. The van der Waals surface area contributed by atoms with E-state index >= 15 is 0 Å². The lowest BCUT2D eigenvalue weighted by atomic mass is 10.1. The number of carbonyl (C=O) groups is 1. The van der Waals surface area contributed by atoms with Crippen molar-refractivity contribution in [3.8, 4) is 16.3 Å². The number of methoxy groups -OCH3 is 1. The Kier molecular flexibility index (Phi) is 7.67. The van der Waals surface area contributed by atoms with Gasteiger partial charge < -0.3 is 4.74 Å². The molecule has 0 aliphatic carbocycles. The fourth-order valence-electron chi connectivity index (χ4n) is 3.94. The molecule has 0 aliphatic rings. The monoisotopic (exact) mass is 556 g/mol. The number of sulfonamides is 1. The minimum Gasteiger partial charge on any atom is -0.497 e. The molecule has 0 atom stereocenters. The van der Waals surface area contributed by atoms with Gasteiger partial charge in [-0.3, -0.25) is 14.4 Å². The SMILES string of the molecule is COc1ccc(S(=O)(=O)N(Cc2ccccc2)c2ccccc2C(=O)Nc2nnc(-c3ccccc3)s2)cc1. The van der Waals surface area contributed by atoms with E-state index in [2.05, 4.69) is 15.5 Å². The van der Waals surface area contributed by atoms with Crippen LogP contribution in [0.2, 0.25) is 0 Å². The van der Waals surface area contributed by atoms with E-state index in [9.17, 15) is 13.2 Å². The molecule has 0 spiro atoms. The highest BCUT2D eigenvalue weighted by Crippen LogP contribution is 2.31. The lowest BCUT2D eigenvalue weighted by Gasteiger charge is -2.26. The Labute approximate surface area is 230 Å².